The van der Waals surface area contributed by atoms with Crippen LogP contribution in [0.3, 0.4) is 0 Å². The molecular weight excluding hydrogens is 304 g/mol. The Kier molecular flexibility index (Phi) is 4.85. The molecule has 0 aliphatic rings. The summed E-state index contributed by atoms with van der Waals surface area (Å²) in [6.45, 7) is 5.74. The maximum atomic E-state index is 13.7. The third-order valence-electron chi connectivity index (χ3n) is 3.12. The van der Waals surface area contributed by atoms with Crippen LogP contribution < -0.4 is 0 Å². The van der Waals surface area contributed by atoms with Crippen LogP contribution in [0.1, 0.15) is 31.1 Å². The number of carbonyl (C=O) groups excluding carboxylic acids is 1. The van der Waals surface area contributed by atoms with Crippen molar-refractivity contribution >= 4 is 21.8 Å². The maximum absolute atomic E-state index is 13.7. The molecule has 1 amide bonds. The van der Waals surface area contributed by atoms with Gasteiger partial charge in [0.05, 0.1) is 0 Å². The lowest BCUT2D eigenvalue weighted by Crippen LogP contribution is -2.39. The van der Waals surface area contributed by atoms with Crippen LogP contribution in [-0.4, -0.2) is 23.9 Å². The van der Waals surface area contributed by atoms with Crippen LogP contribution in [0.4, 0.5) is 8.78 Å². The molecule has 5 heteroatoms. The molecule has 1 aromatic carbocycles. The smallest absolute Gasteiger partial charge is 0.259 e. The average Bonchev–Trinajstić information content (AvgIpc) is 2.25. The van der Waals surface area contributed by atoms with Gasteiger partial charge in [-0.1, -0.05) is 29.8 Å². The van der Waals surface area contributed by atoms with E-state index in [1.165, 1.54) is 4.90 Å². The number of rotatable bonds is 3. The molecule has 18 heavy (non-hydrogen) atoms. The van der Waals surface area contributed by atoms with Gasteiger partial charge < -0.3 is 4.90 Å². The van der Waals surface area contributed by atoms with Gasteiger partial charge in [-0.2, -0.15) is 0 Å². The van der Waals surface area contributed by atoms with Crippen molar-refractivity contribution in [1.82, 2.24) is 4.90 Å². The van der Waals surface area contributed by atoms with Gasteiger partial charge >= 0.3 is 0 Å². The van der Waals surface area contributed by atoms with E-state index >= 15 is 0 Å². The molecule has 1 aromatic rings. The van der Waals surface area contributed by atoms with E-state index in [1.807, 2.05) is 20.8 Å². The number of nitrogens with zero attached hydrogens (tertiary/aromatic N) is 1. The van der Waals surface area contributed by atoms with Gasteiger partial charge in [-0.3, -0.25) is 4.79 Å². The fraction of sp³-hybridized carbons (Fsp3) is 0.462. The SMILES string of the molecule is CC(C)C(C)N(C)C(=O)c1c(F)cc(Br)cc1F. The number of halogens is 3. The molecule has 0 fully saturated rings. The minimum atomic E-state index is -0.852. The quantitative estimate of drug-likeness (QED) is 0.828. The largest absolute Gasteiger partial charge is 0.339 e. The van der Waals surface area contributed by atoms with Crippen molar-refractivity contribution in [2.24, 2.45) is 5.92 Å². The molecule has 0 radical (unpaired) electrons. The van der Waals surface area contributed by atoms with E-state index in [2.05, 4.69) is 15.9 Å². The normalized spacial score (nSPS) is 12.7. The van der Waals surface area contributed by atoms with E-state index in [4.69, 9.17) is 0 Å². The van der Waals surface area contributed by atoms with Crippen molar-refractivity contribution in [1.29, 1.82) is 0 Å². The summed E-state index contributed by atoms with van der Waals surface area (Å²) in [5.41, 5.74) is -0.506. The molecule has 1 atom stereocenters. The third kappa shape index (κ3) is 3.07. The van der Waals surface area contributed by atoms with E-state index in [1.54, 1.807) is 7.05 Å². The van der Waals surface area contributed by atoms with E-state index < -0.39 is 23.1 Å². The topological polar surface area (TPSA) is 20.3 Å². The van der Waals surface area contributed by atoms with Crippen LogP contribution in [0, 0.1) is 17.6 Å². The highest BCUT2D eigenvalue weighted by Gasteiger charge is 2.25. The fourth-order valence-corrected chi connectivity index (χ4v) is 1.96. The molecular formula is C13H16BrF2NO. The zero-order valence-electron chi connectivity index (χ0n) is 10.8. The molecule has 0 N–H and O–H groups in total. The summed E-state index contributed by atoms with van der Waals surface area (Å²) >= 11 is 2.98. The van der Waals surface area contributed by atoms with E-state index in [0.717, 1.165) is 12.1 Å². The summed E-state index contributed by atoms with van der Waals surface area (Å²) in [4.78, 5) is 13.4. The van der Waals surface area contributed by atoms with Gasteiger partial charge in [0.15, 0.2) is 0 Å². The lowest BCUT2D eigenvalue weighted by Gasteiger charge is -2.28. The van der Waals surface area contributed by atoms with Crippen LogP contribution in [0.2, 0.25) is 0 Å². The van der Waals surface area contributed by atoms with Crippen LogP contribution in [0.25, 0.3) is 0 Å². The zero-order chi connectivity index (χ0) is 14.0. The lowest BCUT2D eigenvalue weighted by molar-refractivity contribution is 0.0697. The fourth-order valence-electron chi connectivity index (χ4n) is 1.56. The van der Waals surface area contributed by atoms with Gasteiger partial charge in [-0.15, -0.1) is 0 Å². The Morgan fingerprint density at radius 1 is 1.22 bits per heavy atom. The first-order valence-corrected chi connectivity index (χ1v) is 6.46. The van der Waals surface area contributed by atoms with Gasteiger partial charge in [-0.05, 0) is 25.0 Å². The molecule has 0 aliphatic carbocycles. The molecule has 0 saturated carbocycles. The first-order chi connectivity index (χ1) is 8.25. The predicted molar refractivity (Wildman–Crippen MR) is 70.5 cm³/mol. The summed E-state index contributed by atoms with van der Waals surface area (Å²) in [6, 6.07) is 2.08. The van der Waals surface area contributed by atoms with Crippen LogP contribution in [0.15, 0.2) is 16.6 Å². The monoisotopic (exact) mass is 319 g/mol. The standard InChI is InChI=1S/C13H16BrF2NO/c1-7(2)8(3)17(4)13(18)12-10(15)5-9(14)6-11(12)16/h5-8H,1-4H3. The molecule has 0 saturated heterocycles. The summed E-state index contributed by atoms with van der Waals surface area (Å²) in [6.07, 6.45) is 0. The molecule has 0 bridgehead atoms. The average molecular weight is 320 g/mol. The predicted octanol–water partition coefficient (Wildman–Crippen LogP) is 3.84. The van der Waals surface area contributed by atoms with Gasteiger partial charge in [-0.25, -0.2) is 8.78 Å². The van der Waals surface area contributed by atoms with Gasteiger partial charge in [0, 0.05) is 17.6 Å². The Bertz CT molecular complexity index is 439. The second-order valence-corrected chi connectivity index (χ2v) is 5.56. The second-order valence-electron chi connectivity index (χ2n) is 4.65. The number of hydrogen-bond acceptors (Lipinski definition) is 1. The maximum Gasteiger partial charge on any atom is 0.259 e. The van der Waals surface area contributed by atoms with Crippen LogP contribution >= 0.6 is 15.9 Å². The molecule has 1 rings (SSSR count). The molecule has 0 spiro atoms. The number of amides is 1. The molecule has 0 aromatic heterocycles. The summed E-state index contributed by atoms with van der Waals surface area (Å²) in [5, 5.41) is 0. The summed E-state index contributed by atoms with van der Waals surface area (Å²) < 4.78 is 27.6. The highest BCUT2D eigenvalue weighted by molar-refractivity contribution is 9.10. The van der Waals surface area contributed by atoms with Crippen molar-refractivity contribution in [3.8, 4) is 0 Å². The first-order valence-electron chi connectivity index (χ1n) is 5.67. The van der Waals surface area contributed by atoms with Crippen LogP contribution in [-0.2, 0) is 0 Å². The zero-order valence-corrected chi connectivity index (χ0v) is 12.4. The van der Waals surface area contributed by atoms with Crippen molar-refractivity contribution in [3.63, 3.8) is 0 Å². The molecule has 1 unspecified atom stereocenters. The van der Waals surface area contributed by atoms with Gasteiger partial charge in [0.2, 0.25) is 0 Å². The lowest BCUT2D eigenvalue weighted by atomic mass is 10.0. The molecule has 100 valence electrons. The Hall–Kier alpha value is -0.970. The van der Waals surface area contributed by atoms with Gasteiger partial charge in [0.1, 0.15) is 17.2 Å². The van der Waals surface area contributed by atoms with E-state index in [0.29, 0.717) is 0 Å². The highest BCUT2D eigenvalue weighted by atomic mass is 79.9. The van der Waals surface area contributed by atoms with Gasteiger partial charge in [0.25, 0.3) is 5.91 Å². The highest BCUT2D eigenvalue weighted by Crippen LogP contribution is 2.22. The number of benzene rings is 1. The van der Waals surface area contributed by atoms with Crippen LogP contribution in [0.5, 0.6) is 0 Å². The second kappa shape index (κ2) is 5.78. The number of hydrogen-bond donors (Lipinski definition) is 0. The van der Waals surface area contributed by atoms with E-state index in [9.17, 15) is 13.6 Å². The van der Waals surface area contributed by atoms with E-state index in [-0.39, 0.29) is 16.4 Å². The van der Waals surface area contributed by atoms with Crippen molar-refractivity contribution in [3.05, 3.63) is 33.8 Å². The van der Waals surface area contributed by atoms with Crippen molar-refractivity contribution < 1.29 is 13.6 Å². The van der Waals surface area contributed by atoms with Crippen molar-refractivity contribution in [2.75, 3.05) is 7.05 Å². The minimum absolute atomic E-state index is 0.0973. The Balaban J connectivity index is 3.12. The summed E-state index contributed by atoms with van der Waals surface area (Å²) in [7, 11) is 1.55. The Morgan fingerprint density at radius 2 is 1.67 bits per heavy atom. The summed E-state index contributed by atoms with van der Waals surface area (Å²) in [5.74, 6) is -2.14. The molecule has 0 heterocycles. The van der Waals surface area contributed by atoms with Crippen molar-refractivity contribution in [2.45, 2.75) is 26.8 Å². The Labute approximate surface area is 114 Å². The number of carbonyl (C=O) groups is 1. The Morgan fingerprint density at radius 3 is 2.06 bits per heavy atom. The molecule has 0 aliphatic heterocycles. The third-order valence-corrected chi connectivity index (χ3v) is 3.57. The molecule has 2 nitrogen and oxygen atoms in total. The first kappa shape index (κ1) is 15.1. The minimum Gasteiger partial charge on any atom is -0.339 e.